The summed E-state index contributed by atoms with van der Waals surface area (Å²) in [7, 11) is -3.25. The lowest BCUT2D eigenvalue weighted by molar-refractivity contribution is -0.137. The predicted octanol–water partition coefficient (Wildman–Crippen LogP) is -1.15. The number of aromatic amines is 1. The van der Waals surface area contributed by atoms with E-state index in [1.165, 1.54) is 12.4 Å². The first-order chi connectivity index (χ1) is 8.87. The lowest BCUT2D eigenvalue weighted by Gasteiger charge is -2.35. The van der Waals surface area contributed by atoms with Crippen molar-refractivity contribution in [1.29, 1.82) is 0 Å². The van der Waals surface area contributed by atoms with Crippen molar-refractivity contribution < 1.29 is 18.3 Å². The molecule has 0 saturated carbocycles. The van der Waals surface area contributed by atoms with E-state index in [1.54, 1.807) is 4.90 Å². The molecular formula is C10H13N3O5S. The fraction of sp³-hybridized carbons (Fsp3) is 0.500. The molecule has 2 heterocycles. The molecule has 104 valence electrons. The summed E-state index contributed by atoms with van der Waals surface area (Å²) in [5.74, 6) is -1.10. The number of hydrogen-bond acceptors (Lipinski definition) is 6. The van der Waals surface area contributed by atoms with Crippen LogP contribution in [0.2, 0.25) is 0 Å². The van der Waals surface area contributed by atoms with Crippen LogP contribution in [0.5, 0.6) is 0 Å². The third-order valence-electron chi connectivity index (χ3n) is 2.90. The highest BCUT2D eigenvalue weighted by molar-refractivity contribution is 7.91. The topological polar surface area (TPSA) is 120 Å². The Morgan fingerprint density at radius 1 is 1.58 bits per heavy atom. The van der Waals surface area contributed by atoms with Gasteiger partial charge in [0.05, 0.1) is 30.3 Å². The zero-order chi connectivity index (χ0) is 14.0. The lowest BCUT2D eigenvalue weighted by atomic mass is 10.2. The van der Waals surface area contributed by atoms with Gasteiger partial charge >= 0.3 is 5.97 Å². The molecule has 1 fully saturated rings. The van der Waals surface area contributed by atoms with E-state index >= 15 is 0 Å². The van der Waals surface area contributed by atoms with Crippen LogP contribution in [0.4, 0.5) is 5.82 Å². The number of carboxylic acids is 1. The van der Waals surface area contributed by atoms with E-state index in [2.05, 4.69) is 9.97 Å². The average Bonchev–Trinajstić information content (AvgIpc) is 2.27. The van der Waals surface area contributed by atoms with Crippen LogP contribution in [0.15, 0.2) is 17.2 Å². The number of carbonyl (C=O) groups is 1. The van der Waals surface area contributed by atoms with Crippen LogP contribution >= 0.6 is 0 Å². The van der Waals surface area contributed by atoms with Gasteiger partial charge in [-0.3, -0.25) is 9.59 Å². The second-order valence-corrected chi connectivity index (χ2v) is 6.56. The normalized spacial score (nSPS) is 22.1. The molecule has 1 aromatic rings. The molecule has 1 aromatic heterocycles. The second-order valence-electron chi connectivity index (χ2n) is 4.33. The van der Waals surface area contributed by atoms with Crippen molar-refractivity contribution >= 4 is 21.6 Å². The number of anilines is 1. The van der Waals surface area contributed by atoms with Gasteiger partial charge in [-0.05, 0) is 0 Å². The second kappa shape index (κ2) is 5.00. The number of H-pyrrole nitrogens is 1. The predicted molar refractivity (Wildman–Crippen MR) is 66.9 cm³/mol. The standard InChI is InChI=1S/C10H13N3O5S/c14-9-4-8(11-6-12-9)13-1-2-19(17,18)5-7(13)3-10(15)16/h4,6-7H,1-3,5H2,(H,15,16)(H,11,12,14). The van der Waals surface area contributed by atoms with Crippen molar-refractivity contribution in [3.05, 3.63) is 22.7 Å². The highest BCUT2D eigenvalue weighted by atomic mass is 32.2. The van der Waals surface area contributed by atoms with Crippen LogP contribution in [0, 0.1) is 0 Å². The molecule has 2 N–H and O–H groups in total. The molecular weight excluding hydrogens is 274 g/mol. The molecule has 1 aliphatic heterocycles. The fourth-order valence-electron chi connectivity index (χ4n) is 2.07. The number of nitrogens with zero attached hydrogens (tertiary/aromatic N) is 2. The van der Waals surface area contributed by atoms with Gasteiger partial charge in [0, 0.05) is 12.6 Å². The molecule has 0 aliphatic carbocycles. The van der Waals surface area contributed by atoms with Crippen molar-refractivity contribution in [3.8, 4) is 0 Å². The molecule has 0 bridgehead atoms. The molecule has 0 radical (unpaired) electrons. The molecule has 19 heavy (non-hydrogen) atoms. The van der Waals surface area contributed by atoms with Gasteiger partial charge in [-0.15, -0.1) is 0 Å². The Morgan fingerprint density at radius 2 is 2.32 bits per heavy atom. The van der Waals surface area contributed by atoms with Gasteiger partial charge in [-0.1, -0.05) is 0 Å². The minimum absolute atomic E-state index is 0.0718. The van der Waals surface area contributed by atoms with E-state index in [0.29, 0.717) is 5.82 Å². The number of aromatic nitrogens is 2. The Hall–Kier alpha value is -1.90. The van der Waals surface area contributed by atoms with Crippen LogP contribution in [-0.4, -0.2) is 53.6 Å². The Balaban J connectivity index is 2.31. The van der Waals surface area contributed by atoms with Crippen molar-refractivity contribution in [3.63, 3.8) is 0 Å². The van der Waals surface area contributed by atoms with Crippen molar-refractivity contribution in [2.75, 3.05) is 23.0 Å². The average molecular weight is 287 g/mol. The molecule has 9 heteroatoms. The molecule has 0 spiro atoms. The highest BCUT2D eigenvalue weighted by Gasteiger charge is 2.33. The summed E-state index contributed by atoms with van der Waals surface area (Å²) in [5, 5.41) is 8.85. The quantitative estimate of drug-likeness (QED) is 0.720. The van der Waals surface area contributed by atoms with E-state index in [4.69, 9.17) is 5.11 Å². The van der Waals surface area contributed by atoms with Gasteiger partial charge in [0.25, 0.3) is 5.56 Å². The number of hydrogen-bond donors (Lipinski definition) is 2. The zero-order valence-electron chi connectivity index (χ0n) is 9.94. The van der Waals surface area contributed by atoms with E-state index in [0.717, 1.165) is 0 Å². The first-order valence-corrected chi connectivity index (χ1v) is 7.43. The minimum Gasteiger partial charge on any atom is -0.481 e. The largest absolute Gasteiger partial charge is 0.481 e. The summed E-state index contributed by atoms with van der Waals surface area (Å²) in [4.78, 5) is 29.9. The fourth-order valence-corrected chi connectivity index (χ4v) is 3.60. The van der Waals surface area contributed by atoms with E-state index in [9.17, 15) is 18.0 Å². The van der Waals surface area contributed by atoms with Gasteiger partial charge in [0.1, 0.15) is 5.82 Å². The first kappa shape index (κ1) is 13.5. The van der Waals surface area contributed by atoms with Crippen molar-refractivity contribution in [2.45, 2.75) is 12.5 Å². The molecule has 1 saturated heterocycles. The third kappa shape index (κ3) is 3.31. The van der Waals surface area contributed by atoms with Gasteiger partial charge in [0.15, 0.2) is 9.84 Å². The molecule has 8 nitrogen and oxygen atoms in total. The zero-order valence-corrected chi connectivity index (χ0v) is 10.8. The van der Waals surface area contributed by atoms with Crippen LogP contribution in [0.25, 0.3) is 0 Å². The molecule has 2 rings (SSSR count). The maximum Gasteiger partial charge on any atom is 0.305 e. The number of sulfone groups is 1. The summed E-state index contributed by atoms with van der Waals surface area (Å²) in [5.41, 5.74) is -0.368. The Kier molecular flexibility index (Phi) is 3.56. The van der Waals surface area contributed by atoms with Crippen LogP contribution < -0.4 is 10.5 Å². The Morgan fingerprint density at radius 3 is 2.95 bits per heavy atom. The molecule has 1 unspecified atom stereocenters. The molecule has 0 amide bonds. The summed E-state index contributed by atoms with van der Waals surface area (Å²) >= 11 is 0. The van der Waals surface area contributed by atoms with Crippen LogP contribution in [-0.2, 0) is 14.6 Å². The number of carboxylic acid groups (broad SMARTS) is 1. The molecule has 1 atom stereocenters. The van der Waals surface area contributed by atoms with Crippen molar-refractivity contribution in [1.82, 2.24) is 9.97 Å². The van der Waals surface area contributed by atoms with Gasteiger partial charge < -0.3 is 15.0 Å². The maximum absolute atomic E-state index is 11.6. The SMILES string of the molecule is O=C(O)CC1CS(=O)(=O)CCN1c1cc(=O)[nH]cn1. The Bertz CT molecular complexity index is 639. The smallest absolute Gasteiger partial charge is 0.305 e. The monoisotopic (exact) mass is 287 g/mol. The number of aliphatic carboxylic acids is 1. The Labute approximate surface area is 109 Å². The maximum atomic E-state index is 11.6. The van der Waals surface area contributed by atoms with Crippen LogP contribution in [0.1, 0.15) is 6.42 Å². The van der Waals surface area contributed by atoms with Gasteiger partial charge in [-0.2, -0.15) is 0 Å². The molecule has 1 aliphatic rings. The van der Waals surface area contributed by atoms with E-state index < -0.39 is 21.8 Å². The number of rotatable bonds is 3. The summed E-state index contributed by atoms with van der Waals surface area (Å²) < 4.78 is 23.2. The van der Waals surface area contributed by atoms with Gasteiger partial charge in [-0.25, -0.2) is 13.4 Å². The van der Waals surface area contributed by atoms with Crippen LogP contribution in [0.3, 0.4) is 0 Å². The number of nitrogens with one attached hydrogen (secondary N) is 1. The van der Waals surface area contributed by atoms with Gasteiger partial charge in [0.2, 0.25) is 0 Å². The molecule has 0 aromatic carbocycles. The lowest BCUT2D eigenvalue weighted by Crippen LogP contribution is -2.50. The third-order valence-corrected chi connectivity index (χ3v) is 4.60. The van der Waals surface area contributed by atoms with E-state index in [1.807, 2.05) is 0 Å². The first-order valence-electron chi connectivity index (χ1n) is 5.61. The minimum atomic E-state index is -3.25. The summed E-state index contributed by atoms with van der Waals surface area (Å²) in [6.45, 7) is 0.136. The van der Waals surface area contributed by atoms with E-state index in [-0.39, 0.29) is 30.0 Å². The summed E-state index contributed by atoms with van der Waals surface area (Å²) in [6.07, 6.45) is 0.895. The highest BCUT2D eigenvalue weighted by Crippen LogP contribution is 2.20. The summed E-state index contributed by atoms with van der Waals surface area (Å²) in [6, 6.07) is 0.526. The van der Waals surface area contributed by atoms with Crippen molar-refractivity contribution in [2.24, 2.45) is 0 Å².